The molecule has 96 valence electrons. The van der Waals surface area contributed by atoms with Crippen LogP contribution >= 0.6 is 0 Å². The van der Waals surface area contributed by atoms with Crippen molar-refractivity contribution in [2.45, 2.75) is 57.6 Å². The van der Waals surface area contributed by atoms with Crippen LogP contribution in [0.5, 0.6) is 0 Å². The van der Waals surface area contributed by atoms with E-state index in [1.807, 2.05) is 0 Å². The minimum Gasteiger partial charge on any atom is -0.392 e. The highest BCUT2D eigenvalue weighted by molar-refractivity contribution is 4.73. The van der Waals surface area contributed by atoms with Crippen LogP contribution in [0.2, 0.25) is 0 Å². The number of ether oxygens (including phenoxy) is 1. The zero-order valence-corrected chi connectivity index (χ0v) is 10.7. The summed E-state index contributed by atoms with van der Waals surface area (Å²) < 4.78 is 5.02. The van der Waals surface area contributed by atoms with Crippen LogP contribution in [0, 0.1) is 5.92 Å². The maximum absolute atomic E-state index is 9.89. The average Bonchev–Trinajstić information content (AvgIpc) is 2.76. The fraction of sp³-hybridized carbons (Fsp3) is 1.00. The lowest BCUT2D eigenvalue weighted by Crippen LogP contribution is -2.35. The summed E-state index contributed by atoms with van der Waals surface area (Å²) >= 11 is 0. The first kappa shape index (κ1) is 13.9. The van der Waals surface area contributed by atoms with Gasteiger partial charge in [-0.3, -0.25) is 0 Å². The molecule has 0 spiro atoms. The minimum atomic E-state index is -0.173. The van der Waals surface area contributed by atoms with Crippen LogP contribution < -0.4 is 5.32 Å². The molecule has 0 aromatic carbocycles. The molecule has 1 saturated carbocycles. The van der Waals surface area contributed by atoms with Crippen LogP contribution in [0.1, 0.15) is 45.4 Å². The van der Waals surface area contributed by atoms with Crippen molar-refractivity contribution >= 4 is 0 Å². The lowest BCUT2D eigenvalue weighted by molar-refractivity contribution is 0.132. The Kier molecular flexibility index (Phi) is 7.01. The van der Waals surface area contributed by atoms with Gasteiger partial charge in [0.15, 0.2) is 0 Å². The quantitative estimate of drug-likeness (QED) is 0.668. The number of hydrogen-bond acceptors (Lipinski definition) is 3. The van der Waals surface area contributed by atoms with Crippen molar-refractivity contribution < 1.29 is 9.84 Å². The van der Waals surface area contributed by atoms with Crippen LogP contribution in [-0.2, 0) is 4.74 Å². The SMILES string of the molecule is COCCC(C)NCC(O)CC1CCCC1. The summed E-state index contributed by atoms with van der Waals surface area (Å²) in [5.41, 5.74) is 0. The molecule has 1 aliphatic rings. The van der Waals surface area contributed by atoms with Crippen LogP contribution in [0.3, 0.4) is 0 Å². The van der Waals surface area contributed by atoms with Gasteiger partial charge in [0.2, 0.25) is 0 Å². The summed E-state index contributed by atoms with van der Waals surface area (Å²) in [6, 6.07) is 0.429. The van der Waals surface area contributed by atoms with E-state index in [0.29, 0.717) is 6.04 Å². The molecule has 3 heteroatoms. The van der Waals surface area contributed by atoms with Gasteiger partial charge in [-0.05, 0) is 25.7 Å². The van der Waals surface area contributed by atoms with Gasteiger partial charge in [0.1, 0.15) is 0 Å². The Morgan fingerprint density at radius 2 is 2.06 bits per heavy atom. The van der Waals surface area contributed by atoms with Gasteiger partial charge < -0.3 is 15.2 Å². The van der Waals surface area contributed by atoms with E-state index < -0.39 is 0 Å². The molecular weight excluding hydrogens is 202 g/mol. The van der Waals surface area contributed by atoms with Gasteiger partial charge >= 0.3 is 0 Å². The molecule has 0 heterocycles. The largest absolute Gasteiger partial charge is 0.392 e. The lowest BCUT2D eigenvalue weighted by atomic mass is 10.00. The van der Waals surface area contributed by atoms with E-state index in [1.54, 1.807) is 7.11 Å². The van der Waals surface area contributed by atoms with Gasteiger partial charge in [-0.15, -0.1) is 0 Å². The third-order valence-corrected chi connectivity index (χ3v) is 3.54. The average molecular weight is 229 g/mol. The van der Waals surface area contributed by atoms with Crippen LogP contribution in [0.25, 0.3) is 0 Å². The summed E-state index contributed by atoms with van der Waals surface area (Å²) in [7, 11) is 1.72. The van der Waals surface area contributed by atoms with E-state index in [1.165, 1.54) is 25.7 Å². The molecule has 16 heavy (non-hydrogen) atoms. The van der Waals surface area contributed by atoms with Crippen molar-refractivity contribution in [1.29, 1.82) is 0 Å². The Hall–Kier alpha value is -0.120. The molecule has 0 amide bonds. The van der Waals surface area contributed by atoms with E-state index in [9.17, 15) is 5.11 Å². The number of aliphatic hydroxyl groups is 1. The lowest BCUT2D eigenvalue weighted by Gasteiger charge is -2.19. The van der Waals surface area contributed by atoms with Gasteiger partial charge in [-0.2, -0.15) is 0 Å². The Labute approximate surface area is 99.6 Å². The fourth-order valence-electron chi connectivity index (χ4n) is 2.45. The van der Waals surface area contributed by atoms with Gasteiger partial charge in [-0.1, -0.05) is 25.7 Å². The zero-order chi connectivity index (χ0) is 11.8. The van der Waals surface area contributed by atoms with E-state index in [2.05, 4.69) is 12.2 Å². The fourth-order valence-corrected chi connectivity index (χ4v) is 2.45. The van der Waals surface area contributed by atoms with Gasteiger partial charge in [-0.25, -0.2) is 0 Å². The second-order valence-electron chi connectivity index (χ2n) is 5.13. The van der Waals surface area contributed by atoms with Crippen molar-refractivity contribution in [3.05, 3.63) is 0 Å². The summed E-state index contributed by atoms with van der Waals surface area (Å²) in [5, 5.41) is 13.3. The maximum Gasteiger partial charge on any atom is 0.0667 e. The zero-order valence-electron chi connectivity index (χ0n) is 10.7. The van der Waals surface area contributed by atoms with Gasteiger partial charge in [0, 0.05) is 26.3 Å². The predicted octanol–water partition coefficient (Wildman–Crippen LogP) is 1.94. The molecule has 3 nitrogen and oxygen atoms in total. The smallest absolute Gasteiger partial charge is 0.0667 e. The summed E-state index contributed by atoms with van der Waals surface area (Å²) in [6.07, 6.45) is 7.15. The predicted molar refractivity (Wildman–Crippen MR) is 66.5 cm³/mol. The number of hydrogen-bond donors (Lipinski definition) is 2. The Morgan fingerprint density at radius 1 is 1.38 bits per heavy atom. The van der Waals surface area contributed by atoms with Crippen molar-refractivity contribution in [1.82, 2.24) is 5.32 Å². The van der Waals surface area contributed by atoms with Gasteiger partial charge in [0.25, 0.3) is 0 Å². The molecule has 0 aromatic heterocycles. The Morgan fingerprint density at radius 3 is 2.69 bits per heavy atom. The molecule has 2 unspecified atom stereocenters. The van der Waals surface area contributed by atoms with E-state index in [-0.39, 0.29) is 6.10 Å². The first-order valence-corrected chi connectivity index (χ1v) is 6.62. The third-order valence-electron chi connectivity index (χ3n) is 3.54. The monoisotopic (exact) mass is 229 g/mol. The van der Waals surface area contributed by atoms with Crippen LogP contribution in [0.15, 0.2) is 0 Å². The summed E-state index contributed by atoms with van der Waals surface area (Å²) in [4.78, 5) is 0. The molecule has 1 aliphatic carbocycles. The summed E-state index contributed by atoms with van der Waals surface area (Å²) in [6.45, 7) is 3.65. The topological polar surface area (TPSA) is 41.5 Å². The molecule has 2 N–H and O–H groups in total. The highest BCUT2D eigenvalue weighted by Gasteiger charge is 2.18. The normalized spacial score (nSPS) is 21.2. The van der Waals surface area contributed by atoms with Crippen LogP contribution in [0.4, 0.5) is 0 Å². The van der Waals surface area contributed by atoms with Crippen molar-refractivity contribution in [2.24, 2.45) is 5.92 Å². The number of methoxy groups -OCH3 is 1. The Balaban J connectivity index is 2.02. The molecule has 0 radical (unpaired) electrons. The molecule has 0 bridgehead atoms. The second kappa shape index (κ2) is 8.04. The molecule has 1 fully saturated rings. The van der Waals surface area contributed by atoms with Gasteiger partial charge in [0.05, 0.1) is 6.10 Å². The van der Waals surface area contributed by atoms with E-state index >= 15 is 0 Å². The third kappa shape index (κ3) is 5.83. The number of aliphatic hydroxyl groups excluding tert-OH is 1. The molecule has 0 aliphatic heterocycles. The Bertz CT molecular complexity index is 169. The molecule has 1 rings (SSSR count). The van der Waals surface area contributed by atoms with Crippen molar-refractivity contribution in [3.63, 3.8) is 0 Å². The first-order chi connectivity index (χ1) is 7.72. The first-order valence-electron chi connectivity index (χ1n) is 6.62. The van der Waals surface area contributed by atoms with Crippen LogP contribution in [-0.4, -0.2) is 37.5 Å². The van der Waals surface area contributed by atoms with E-state index in [0.717, 1.165) is 31.9 Å². The molecular formula is C13H27NO2. The van der Waals surface area contributed by atoms with E-state index in [4.69, 9.17) is 4.74 Å². The minimum absolute atomic E-state index is 0.173. The second-order valence-corrected chi connectivity index (χ2v) is 5.13. The number of nitrogens with one attached hydrogen (secondary N) is 1. The highest BCUT2D eigenvalue weighted by Crippen LogP contribution is 2.28. The molecule has 0 aromatic rings. The standard InChI is InChI=1S/C13H27NO2/c1-11(7-8-16-2)14-10-13(15)9-12-5-3-4-6-12/h11-15H,3-10H2,1-2H3. The number of rotatable bonds is 8. The van der Waals surface area contributed by atoms with Crippen molar-refractivity contribution in [2.75, 3.05) is 20.3 Å². The molecule has 0 saturated heterocycles. The summed E-state index contributed by atoms with van der Waals surface area (Å²) in [5.74, 6) is 0.770. The molecule has 2 atom stereocenters. The maximum atomic E-state index is 9.89. The highest BCUT2D eigenvalue weighted by atomic mass is 16.5. The van der Waals surface area contributed by atoms with Crippen molar-refractivity contribution in [3.8, 4) is 0 Å².